The molecule has 154 valence electrons. The molecule has 0 aliphatic carbocycles. The van der Waals surface area contributed by atoms with Gasteiger partial charge in [-0.3, -0.25) is 14.4 Å². The van der Waals surface area contributed by atoms with E-state index in [1.165, 1.54) is 7.05 Å². The lowest BCUT2D eigenvalue weighted by molar-refractivity contribution is -0.131. The minimum atomic E-state index is -1.25. The van der Waals surface area contributed by atoms with Crippen molar-refractivity contribution in [1.29, 1.82) is 0 Å². The fourth-order valence-electron chi connectivity index (χ4n) is 2.47. The molecule has 0 heterocycles. The van der Waals surface area contributed by atoms with Crippen LogP contribution >= 0.6 is 0 Å². The number of hydrogen-bond acceptors (Lipinski definition) is 5. The van der Waals surface area contributed by atoms with E-state index in [1.54, 1.807) is 24.3 Å². The molecule has 1 aromatic rings. The van der Waals surface area contributed by atoms with E-state index in [-0.39, 0.29) is 18.4 Å². The van der Waals surface area contributed by atoms with E-state index in [2.05, 4.69) is 16.0 Å². The van der Waals surface area contributed by atoms with Crippen molar-refractivity contribution in [3.8, 4) is 0 Å². The van der Waals surface area contributed by atoms with Gasteiger partial charge in [-0.2, -0.15) is 0 Å². The lowest BCUT2D eigenvalue weighted by atomic mass is 10.0. The molecule has 5 N–H and O–H groups in total. The van der Waals surface area contributed by atoms with Gasteiger partial charge in [0.2, 0.25) is 17.7 Å². The highest BCUT2D eigenvalue weighted by atomic mass is 16.5. The quantitative estimate of drug-likeness (QED) is 0.457. The van der Waals surface area contributed by atoms with Gasteiger partial charge < -0.3 is 26.4 Å². The van der Waals surface area contributed by atoms with E-state index in [0.717, 1.165) is 5.56 Å². The van der Waals surface area contributed by atoms with Crippen LogP contribution in [0.1, 0.15) is 32.3 Å². The highest BCUT2D eigenvalue weighted by Gasteiger charge is 2.28. The van der Waals surface area contributed by atoms with Gasteiger partial charge in [0, 0.05) is 7.05 Å². The van der Waals surface area contributed by atoms with E-state index in [9.17, 15) is 19.2 Å². The third-order valence-corrected chi connectivity index (χ3v) is 3.81. The number of hydrogen-bond donors (Lipinski definition) is 4. The first-order valence-electron chi connectivity index (χ1n) is 9.00. The number of nitrogens with one attached hydrogen (secondary N) is 3. The maximum absolute atomic E-state index is 12.5. The molecule has 0 radical (unpaired) electrons. The van der Waals surface area contributed by atoms with Gasteiger partial charge in [0.05, 0.1) is 6.42 Å². The summed E-state index contributed by atoms with van der Waals surface area (Å²) in [5.74, 6) is -1.69. The number of benzene rings is 1. The normalized spacial score (nSPS) is 12.6. The zero-order valence-electron chi connectivity index (χ0n) is 16.4. The Labute approximate surface area is 164 Å². The van der Waals surface area contributed by atoms with Crippen molar-refractivity contribution in [3.63, 3.8) is 0 Å². The van der Waals surface area contributed by atoms with Crippen LogP contribution < -0.4 is 21.7 Å². The van der Waals surface area contributed by atoms with Crippen LogP contribution in [0.4, 0.5) is 4.79 Å². The first kappa shape index (κ1) is 22.9. The Bertz CT molecular complexity index is 678. The molecule has 0 aliphatic heterocycles. The Morgan fingerprint density at radius 2 is 1.64 bits per heavy atom. The van der Waals surface area contributed by atoms with Gasteiger partial charge in [0.1, 0.15) is 18.7 Å². The average Bonchev–Trinajstić information content (AvgIpc) is 2.64. The van der Waals surface area contributed by atoms with Crippen molar-refractivity contribution in [2.45, 2.75) is 45.4 Å². The number of amides is 4. The molecule has 4 amide bonds. The smallest absolute Gasteiger partial charge is 0.408 e. The van der Waals surface area contributed by atoms with Gasteiger partial charge in [-0.1, -0.05) is 44.2 Å². The number of rotatable bonds is 10. The molecule has 1 aromatic carbocycles. The van der Waals surface area contributed by atoms with Gasteiger partial charge in [0.15, 0.2) is 0 Å². The second kappa shape index (κ2) is 11.6. The highest BCUT2D eigenvalue weighted by Crippen LogP contribution is 2.06. The van der Waals surface area contributed by atoms with Crippen LogP contribution in [0.15, 0.2) is 30.3 Å². The molecule has 0 fully saturated rings. The van der Waals surface area contributed by atoms with Crippen molar-refractivity contribution in [2.75, 3.05) is 7.05 Å². The van der Waals surface area contributed by atoms with Crippen LogP contribution in [-0.4, -0.2) is 42.9 Å². The van der Waals surface area contributed by atoms with Crippen molar-refractivity contribution in [3.05, 3.63) is 35.9 Å². The lowest BCUT2D eigenvalue weighted by Gasteiger charge is -2.23. The monoisotopic (exact) mass is 392 g/mol. The Morgan fingerprint density at radius 3 is 2.18 bits per heavy atom. The minimum Gasteiger partial charge on any atom is -0.445 e. The number of primary amides is 1. The van der Waals surface area contributed by atoms with E-state index in [1.807, 2.05) is 19.9 Å². The molecule has 9 heteroatoms. The lowest BCUT2D eigenvalue weighted by Crippen LogP contribution is -2.54. The Morgan fingerprint density at radius 1 is 1.00 bits per heavy atom. The maximum atomic E-state index is 12.5. The Balaban J connectivity index is 2.73. The summed E-state index contributed by atoms with van der Waals surface area (Å²) < 4.78 is 5.07. The Kier molecular flexibility index (Phi) is 9.49. The topological polar surface area (TPSA) is 140 Å². The number of carbonyl (C=O) groups excluding carboxylic acids is 4. The van der Waals surface area contributed by atoms with Gasteiger partial charge >= 0.3 is 6.09 Å². The fraction of sp³-hybridized carbons (Fsp3) is 0.474. The van der Waals surface area contributed by atoms with Crippen molar-refractivity contribution < 1.29 is 23.9 Å². The number of alkyl carbamates (subject to hydrolysis) is 1. The van der Waals surface area contributed by atoms with Crippen LogP contribution in [0.25, 0.3) is 0 Å². The molecule has 0 spiro atoms. The van der Waals surface area contributed by atoms with Crippen LogP contribution in [0.5, 0.6) is 0 Å². The third kappa shape index (κ3) is 8.52. The predicted molar refractivity (Wildman–Crippen MR) is 103 cm³/mol. The molecule has 0 saturated heterocycles. The molecule has 9 nitrogen and oxygen atoms in total. The molecular formula is C19H28N4O5. The summed E-state index contributed by atoms with van der Waals surface area (Å²) in [5, 5.41) is 7.36. The average molecular weight is 392 g/mol. The van der Waals surface area contributed by atoms with Gasteiger partial charge in [-0.05, 0) is 17.9 Å². The zero-order chi connectivity index (χ0) is 21.1. The van der Waals surface area contributed by atoms with E-state index >= 15 is 0 Å². The Hall–Kier alpha value is -3.10. The van der Waals surface area contributed by atoms with Crippen molar-refractivity contribution in [2.24, 2.45) is 11.7 Å². The minimum absolute atomic E-state index is 0.00575. The molecule has 0 bridgehead atoms. The van der Waals surface area contributed by atoms with Crippen LogP contribution in [0.3, 0.4) is 0 Å². The van der Waals surface area contributed by atoms with E-state index in [0.29, 0.717) is 6.42 Å². The predicted octanol–water partition coefficient (Wildman–Crippen LogP) is 0.434. The number of nitrogens with two attached hydrogens (primary N) is 1. The van der Waals surface area contributed by atoms with E-state index < -0.39 is 36.4 Å². The van der Waals surface area contributed by atoms with Gasteiger partial charge in [-0.25, -0.2) is 4.79 Å². The summed E-state index contributed by atoms with van der Waals surface area (Å²) in [6, 6.07) is 6.94. The largest absolute Gasteiger partial charge is 0.445 e. The summed E-state index contributed by atoms with van der Waals surface area (Å²) >= 11 is 0. The second-order valence-electron chi connectivity index (χ2n) is 6.73. The number of carbonyl (C=O) groups is 4. The van der Waals surface area contributed by atoms with Crippen LogP contribution in [0.2, 0.25) is 0 Å². The molecule has 0 aromatic heterocycles. The summed E-state index contributed by atoms with van der Waals surface area (Å²) in [7, 11) is 1.46. The maximum Gasteiger partial charge on any atom is 0.408 e. The molecular weight excluding hydrogens is 364 g/mol. The summed E-state index contributed by atoms with van der Waals surface area (Å²) in [4.78, 5) is 47.8. The first-order valence-corrected chi connectivity index (χ1v) is 9.00. The molecule has 1 rings (SSSR count). The van der Waals surface area contributed by atoms with Crippen molar-refractivity contribution >= 4 is 23.8 Å². The molecule has 0 saturated carbocycles. The molecule has 2 atom stereocenters. The van der Waals surface area contributed by atoms with Gasteiger partial charge in [-0.15, -0.1) is 0 Å². The fourth-order valence-corrected chi connectivity index (χ4v) is 2.47. The van der Waals surface area contributed by atoms with Crippen LogP contribution in [0, 0.1) is 5.92 Å². The highest BCUT2D eigenvalue weighted by molar-refractivity contribution is 5.93. The SMILES string of the molecule is CNC(=O)[C@H](CC(C)C)NC(=O)[C@H](CC(N)=O)NC(=O)OCc1ccccc1. The third-order valence-electron chi connectivity index (χ3n) is 3.81. The molecule has 0 aliphatic rings. The number of likely N-dealkylation sites (N-methyl/N-ethyl adjacent to an activating group) is 1. The van der Waals surface area contributed by atoms with Crippen molar-refractivity contribution in [1.82, 2.24) is 16.0 Å². The van der Waals surface area contributed by atoms with Crippen LogP contribution in [-0.2, 0) is 25.7 Å². The summed E-state index contributed by atoms with van der Waals surface area (Å²) in [5.41, 5.74) is 5.95. The second-order valence-corrected chi connectivity index (χ2v) is 6.73. The van der Waals surface area contributed by atoms with E-state index in [4.69, 9.17) is 10.5 Å². The molecule has 28 heavy (non-hydrogen) atoms. The first-order chi connectivity index (χ1) is 13.2. The molecule has 0 unspecified atom stereocenters. The zero-order valence-corrected chi connectivity index (χ0v) is 16.4. The summed E-state index contributed by atoms with van der Waals surface area (Å²) in [6.07, 6.45) is -0.896. The van der Waals surface area contributed by atoms with Gasteiger partial charge in [0.25, 0.3) is 0 Å². The number of ether oxygens (including phenoxy) is 1. The standard InChI is InChI=1S/C19H28N4O5/c1-12(2)9-14(17(25)21-3)22-18(26)15(10-16(20)24)23-19(27)28-11-13-7-5-4-6-8-13/h4-8,12,14-15H,9-11H2,1-3H3,(H2,20,24)(H,21,25)(H,22,26)(H,23,27)/t14-,15-/m0/s1. The summed E-state index contributed by atoms with van der Waals surface area (Å²) in [6.45, 7) is 3.82.